The summed E-state index contributed by atoms with van der Waals surface area (Å²) >= 11 is 9.45. The molecule has 5 heteroatoms. The molecule has 0 spiro atoms. The average molecular weight is 316 g/mol. The first-order valence-electron chi connectivity index (χ1n) is 5.27. The molecule has 0 saturated heterocycles. The first-order valence-corrected chi connectivity index (χ1v) is 6.44. The molecule has 17 heavy (non-hydrogen) atoms. The predicted molar refractivity (Wildman–Crippen MR) is 71.1 cm³/mol. The van der Waals surface area contributed by atoms with Gasteiger partial charge in [0.15, 0.2) is 0 Å². The third-order valence-electron chi connectivity index (χ3n) is 2.59. The molecule has 1 aromatic carbocycles. The molecule has 1 N–H and O–H groups in total. The number of aryl methyl sites for hydroxylation is 1. The lowest BCUT2D eigenvalue weighted by Crippen LogP contribution is -2.09. The zero-order valence-electron chi connectivity index (χ0n) is 9.27. The van der Waals surface area contributed by atoms with E-state index in [4.69, 9.17) is 11.6 Å². The summed E-state index contributed by atoms with van der Waals surface area (Å²) in [6.07, 6.45) is 2.71. The third kappa shape index (κ3) is 2.54. The van der Waals surface area contributed by atoms with Gasteiger partial charge in [-0.15, -0.1) is 0 Å². The lowest BCUT2D eigenvalue weighted by molar-refractivity contribution is 0.205. The molecule has 1 unspecified atom stereocenters. The number of aromatic nitrogens is 2. The Bertz CT molecular complexity index is 527. The van der Waals surface area contributed by atoms with E-state index in [1.165, 1.54) is 0 Å². The molecule has 0 bridgehead atoms. The molecule has 0 aliphatic carbocycles. The standard InChI is InChI=1S/C12H12BrClN2O/c1-2-16-6-5-15-12(16)11(17)9-4-3-8(13)7-10(9)14/h3-7,11,17H,2H2,1H3. The summed E-state index contributed by atoms with van der Waals surface area (Å²) in [7, 11) is 0. The van der Waals surface area contributed by atoms with E-state index in [0.717, 1.165) is 11.0 Å². The van der Waals surface area contributed by atoms with E-state index in [-0.39, 0.29) is 0 Å². The molecule has 1 heterocycles. The highest BCUT2D eigenvalue weighted by atomic mass is 79.9. The summed E-state index contributed by atoms with van der Waals surface area (Å²) < 4.78 is 2.78. The quantitative estimate of drug-likeness (QED) is 0.942. The van der Waals surface area contributed by atoms with Crippen LogP contribution >= 0.6 is 27.5 Å². The van der Waals surface area contributed by atoms with Crippen molar-refractivity contribution in [1.82, 2.24) is 9.55 Å². The van der Waals surface area contributed by atoms with Gasteiger partial charge < -0.3 is 9.67 Å². The van der Waals surface area contributed by atoms with Crippen LogP contribution in [-0.4, -0.2) is 14.7 Å². The topological polar surface area (TPSA) is 38.0 Å². The van der Waals surface area contributed by atoms with Crippen molar-refractivity contribution in [2.75, 3.05) is 0 Å². The van der Waals surface area contributed by atoms with Gasteiger partial charge in [-0.3, -0.25) is 0 Å². The Balaban J connectivity index is 2.40. The minimum atomic E-state index is -0.800. The zero-order valence-corrected chi connectivity index (χ0v) is 11.6. The van der Waals surface area contributed by atoms with Crippen molar-refractivity contribution in [1.29, 1.82) is 0 Å². The van der Waals surface area contributed by atoms with Gasteiger partial charge in [-0.05, 0) is 19.1 Å². The fourth-order valence-electron chi connectivity index (χ4n) is 1.70. The van der Waals surface area contributed by atoms with Crippen LogP contribution in [0.1, 0.15) is 24.4 Å². The molecule has 0 amide bonds. The molecule has 0 saturated carbocycles. The van der Waals surface area contributed by atoms with Gasteiger partial charge in [0.2, 0.25) is 0 Å². The second kappa shape index (κ2) is 5.21. The Hall–Kier alpha value is -0.840. The summed E-state index contributed by atoms with van der Waals surface area (Å²) in [5, 5.41) is 10.8. The number of nitrogens with zero attached hydrogens (tertiary/aromatic N) is 2. The predicted octanol–water partition coefficient (Wildman–Crippen LogP) is 3.40. The fraction of sp³-hybridized carbons (Fsp3) is 0.250. The van der Waals surface area contributed by atoms with Crippen molar-refractivity contribution in [3.05, 3.63) is 51.5 Å². The Morgan fingerprint density at radius 3 is 2.94 bits per heavy atom. The number of halogens is 2. The smallest absolute Gasteiger partial charge is 0.142 e. The maximum absolute atomic E-state index is 10.3. The monoisotopic (exact) mass is 314 g/mol. The molecule has 0 aliphatic rings. The van der Waals surface area contributed by atoms with Crippen LogP contribution in [0.4, 0.5) is 0 Å². The molecule has 0 aliphatic heterocycles. The van der Waals surface area contributed by atoms with E-state index < -0.39 is 6.10 Å². The van der Waals surface area contributed by atoms with Crippen LogP contribution < -0.4 is 0 Å². The number of rotatable bonds is 3. The number of hydrogen-bond acceptors (Lipinski definition) is 2. The highest BCUT2D eigenvalue weighted by Gasteiger charge is 2.18. The first kappa shape index (κ1) is 12.6. The summed E-state index contributed by atoms with van der Waals surface area (Å²) in [6, 6.07) is 5.41. The van der Waals surface area contributed by atoms with Crippen molar-refractivity contribution in [2.24, 2.45) is 0 Å². The first-order chi connectivity index (χ1) is 8.13. The van der Waals surface area contributed by atoms with Gasteiger partial charge in [-0.25, -0.2) is 4.98 Å². The van der Waals surface area contributed by atoms with E-state index in [9.17, 15) is 5.11 Å². The van der Waals surface area contributed by atoms with Gasteiger partial charge in [0.05, 0.1) is 0 Å². The summed E-state index contributed by atoms with van der Waals surface area (Å²) in [4.78, 5) is 4.17. The van der Waals surface area contributed by atoms with Crippen molar-refractivity contribution < 1.29 is 5.11 Å². The van der Waals surface area contributed by atoms with Gasteiger partial charge >= 0.3 is 0 Å². The SMILES string of the molecule is CCn1ccnc1C(O)c1ccc(Br)cc1Cl. The number of benzene rings is 1. The van der Waals surface area contributed by atoms with Crippen LogP contribution in [-0.2, 0) is 6.54 Å². The van der Waals surface area contributed by atoms with Crippen LogP contribution in [0.5, 0.6) is 0 Å². The number of imidazole rings is 1. The molecule has 90 valence electrons. The van der Waals surface area contributed by atoms with E-state index in [1.54, 1.807) is 18.3 Å². The van der Waals surface area contributed by atoms with Crippen molar-refractivity contribution in [3.8, 4) is 0 Å². The lowest BCUT2D eigenvalue weighted by Gasteiger charge is -2.14. The van der Waals surface area contributed by atoms with Gasteiger partial charge in [0.25, 0.3) is 0 Å². The summed E-state index contributed by atoms with van der Waals surface area (Å²) in [5.41, 5.74) is 0.663. The summed E-state index contributed by atoms with van der Waals surface area (Å²) in [6.45, 7) is 2.77. The fourth-order valence-corrected chi connectivity index (χ4v) is 2.47. The van der Waals surface area contributed by atoms with Crippen LogP contribution in [0.2, 0.25) is 5.02 Å². The van der Waals surface area contributed by atoms with Crippen LogP contribution in [0, 0.1) is 0 Å². The van der Waals surface area contributed by atoms with E-state index in [0.29, 0.717) is 16.4 Å². The van der Waals surface area contributed by atoms with Crippen LogP contribution in [0.15, 0.2) is 35.1 Å². The van der Waals surface area contributed by atoms with Crippen molar-refractivity contribution >= 4 is 27.5 Å². The second-order valence-corrected chi connectivity index (χ2v) is 4.96. The molecular formula is C12H12BrClN2O. The Labute approximate surface area is 113 Å². The van der Waals surface area contributed by atoms with Crippen molar-refractivity contribution in [2.45, 2.75) is 19.6 Å². The molecule has 3 nitrogen and oxygen atoms in total. The Morgan fingerprint density at radius 1 is 1.53 bits per heavy atom. The maximum atomic E-state index is 10.3. The van der Waals surface area contributed by atoms with Gasteiger partial charge in [0.1, 0.15) is 11.9 Å². The highest BCUT2D eigenvalue weighted by Crippen LogP contribution is 2.29. The molecular weight excluding hydrogens is 304 g/mol. The molecule has 0 radical (unpaired) electrons. The highest BCUT2D eigenvalue weighted by molar-refractivity contribution is 9.10. The average Bonchev–Trinajstić information content (AvgIpc) is 2.76. The third-order valence-corrected chi connectivity index (χ3v) is 3.41. The number of aliphatic hydroxyl groups excluding tert-OH is 1. The van der Waals surface area contributed by atoms with Crippen molar-refractivity contribution in [3.63, 3.8) is 0 Å². The number of aliphatic hydroxyl groups is 1. The van der Waals surface area contributed by atoms with Gasteiger partial charge in [0, 0.05) is 34.0 Å². The van der Waals surface area contributed by atoms with E-state index in [2.05, 4.69) is 20.9 Å². The second-order valence-electron chi connectivity index (χ2n) is 3.64. The van der Waals surface area contributed by atoms with E-state index in [1.807, 2.05) is 23.8 Å². The van der Waals surface area contributed by atoms with Gasteiger partial charge in [-0.2, -0.15) is 0 Å². The largest absolute Gasteiger partial charge is 0.380 e. The molecule has 1 aromatic heterocycles. The summed E-state index contributed by atoms with van der Waals surface area (Å²) in [5.74, 6) is 0.608. The number of hydrogen-bond donors (Lipinski definition) is 1. The molecule has 2 rings (SSSR count). The minimum absolute atomic E-state index is 0.525. The Morgan fingerprint density at radius 2 is 2.29 bits per heavy atom. The minimum Gasteiger partial charge on any atom is -0.380 e. The Kier molecular flexibility index (Phi) is 3.86. The van der Waals surface area contributed by atoms with Crippen LogP contribution in [0.3, 0.4) is 0 Å². The molecule has 1 atom stereocenters. The molecule has 0 fully saturated rings. The molecule has 2 aromatic rings. The van der Waals surface area contributed by atoms with E-state index >= 15 is 0 Å². The van der Waals surface area contributed by atoms with Gasteiger partial charge in [-0.1, -0.05) is 33.6 Å². The maximum Gasteiger partial charge on any atom is 0.142 e. The zero-order chi connectivity index (χ0) is 12.4. The normalized spacial score (nSPS) is 12.7. The van der Waals surface area contributed by atoms with Crippen LogP contribution in [0.25, 0.3) is 0 Å². The lowest BCUT2D eigenvalue weighted by atomic mass is 10.1.